The van der Waals surface area contributed by atoms with E-state index in [-0.39, 0.29) is 6.03 Å². The molecule has 2 amide bonds. The first-order chi connectivity index (χ1) is 12.0. The average Bonchev–Trinajstić information content (AvgIpc) is 2.61. The third-order valence-electron chi connectivity index (χ3n) is 5.93. The summed E-state index contributed by atoms with van der Waals surface area (Å²) in [5.74, 6) is 1.69. The van der Waals surface area contributed by atoms with Crippen molar-refractivity contribution in [3.05, 3.63) is 0 Å². The van der Waals surface area contributed by atoms with E-state index in [1.807, 2.05) is 0 Å². The van der Waals surface area contributed by atoms with Crippen molar-refractivity contribution in [3.8, 4) is 0 Å². The number of urea groups is 1. The zero-order chi connectivity index (χ0) is 18.1. The lowest BCUT2D eigenvalue weighted by molar-refractivity contribution is 0.137. The summed E-state index contributed by atoms with van der Waals surface area (Å²) in [7, 11) is 0. The van der Waals surface area contributed by atoms with Crippen molar-refractivity contribution in [3.63, 3.8) is 0 Å². The van der Waals surface area contributed by atoms with E-state index in [1.54, 1.807) is 0 Å². The highest BCUT2D eigenvalue weighted by atomic mass is 16.2. The third-order valence-corrected chi connectivity index (χ3v) is 5.93. The molecule has 5 heteroatoms. The van der Waals surface area contributed by atoms with Crippen LogP contribution in [0, 0.1) is 11.8 Å². The van der Waals surface area contributed by atoms with E-state index < -0.39 is 0 Å². The van der Waals surface area contributed by atoms with E-state index in [0.29, 0.717) is 6.04 Å². The minimum atomic E-state index is -0.0105. The number of likely N-dealkylation sites (tertiary alicyclic amines) is 2. The van der Waals surface area contributed by atoms with E-state index in [1.165, 1.54) is 64.8 Å². The average molecular weight is 353 g/mol. The van der Waals surface area contributed by atoms with Gasteiger partial charge in [0.15, 0.2) is 0 Å². The van der Waals surface area contributed by atoms with Crippen LogP contribution in [0.15, 0.2) is 0 Å². The van der Waals surface area contributed by atoms with Crippen LogP contribution in [-0.4, -0.2) is 67.7 Å². The number of carbonyl (C=O) groups is 1. The molecular weight excluding hydrogens is 312 g/mol. The molecule has 0 saturated carbocycles. The molecule has 2 unspecified atom stereocenters. The van der Waals surface area contributed by atoms with E-state index in [2.05, 4.69) is 41.2 Å². The second kappa shape index (κ2) is 11.0. The molecule has 0 spiro atoms. The first-order valence-corrected chi connectivity index (χ1v) is 10.5. The largest absolute Gasteiger partial charge is 0.338 e. The Labute approximate surface area is 154 Å². The van der Waals surface area contributed by atoms with E-state index in [0.717, 1.165) is 31.3 Å². The van der Waals surface area contributed by atoms with Crippen molar-refractivity contribution in [2.24, 2.45) is 11.8 Å². The monoisotopic (exact) mass is 352 g/mol. The van der Waals surface area contributed by atoms with Crippen LogP contribution in [0.1, 0.15) is 59.3 Å². The molecule has 0 radical (unpaired) electrons. The molecule has 0 aromatic rings. The van der Waals surface area contributed by atoms with Crippen LogP contribution in [0.2, 0.25) is 0 Å². The number of rotatable bonds is 8. The molecule has 5 nitrogen and oxygen atoms in total. The van der Waals surface area contributed by atoms with Gasteiger partial charge in [-0.1, -0.05) is 13.8 Å². The molecule has 2 N–H and O–H groups in total. The van der Waals surface area contributed by atoms with Gasteiger partial charge in [-0.25, -0.2) is 4.79 Å². The van der Waals surface area contributed by atoms with Crippen molar-refractivity contribution in [1.82, 2.24) is 20.4 Å². The lowest BCUT2D eigenvalue weighted by Crippen LogP contribution is -2.48. The summed E-state index contributed by atoms with van der Waals surface area (Å²) in [6.45, 7) is 14.4. The zero-order valence-corrected chi connectivity index (χ0v) is 16.7. The Kier molecular flexibility index (Phi) is 9.04. The fourth-order valence-corrected chi connectivity index (χ4v) is 4.01. The van der Waals surface area contributed by atoms with Gasteiger partial charge >= 0.3 is 6.03 Å². The summed E-state index contributed by atoms with van der Waals surface area (Å²) in [6.07, 6.45) is 7.56. The number of hydrogen-bond donors (Lipinski definition) is 2. The van der Waals surface area contributed by atoms with E-state index in [9.17, 15) is 4.79 Å². The van der Waals surface area contributed by atoms with Gasteiger partial charge in [-0.15, -0.1) is 0 Å². The second-order valence-corrected chi connectivity index (χ2v) is 8.46. The third kappa shape index (κ3) is 7.95. The van der Waals surface area contributed by atoms with E-state index in [4.69, 9.17) is 0 Å². The smallest absolute Gasteiger partial charge is 0.314 e. The normalized spacial score (nSPS) is 24.8. The van der Waals surface area contributed by atoms with Crippen molar-refractivity contribution in [1.29, 1.82) is 0 Å². The SMILES string of the molecule is CC1CCN(CCCCNC(=O)NCC(C)N2CCCC(C)C2)CC1. The molecule has 0 aliphatic carbocycles. The van der Waals surface area contributed by atoms with Crippen LogP contribution in [0.25, 0.3) is 0 Å². The van der Waals surface area contributed by atoms with E-state index >= 15 is 0 Å². The Morgan fingerprint density at radius 3 is 2.52 bits per heavy atom. The summed E-state index contributed by atoms with van der Waals surface area (Å²) in [6, 6.07) is 0.415. The van der Waals surface area contributed by atoms with Crippen molar-refractivity contribution in [2.75, 3.05) is 45.8 Å². The van der Waals surface area contributed by atoms with Gasteiger partial charge in [-0.3, -0.25) is 4.90 Å². The predicted octanol–water partition coefficient (Wildman–Crippen LogP) is 2.92. The summed E-state index contributed by atoms with van der Waals surface area (Å²) < 4.78 is 0. The van der Waals surface area contributed by atoms with Crippen LogP contribution < -0.4 is 10.6 Å². The number of unbranched alkanes of at least 4 members (excludes halogenated alkanes) is 1. The minimum Gasteiger partial charge on any atom is -0.338 e. The minimum absolute atomic E-state index is 0.0105. The maximum atomic E-state index is 11.9. The van der Waals surface area contributed by atoms with Crippen molar-refractivity contribution >= 4 is 6.03 Å². The lowest BCUT2D eigenvalue weighted by atomic mass is 9.99. The molecule has 0 aromatic heterocycles. The summed E-state index contributed by atoms with van der Waals surface area (Å²) in [5, 5.41) is 6.05. The number of nitrogens with zero attached hydrogens (tertiary/aromatic N) is 2. The number of carbonyl (C=O) groups excluding carboxylic acids is 1. The Morgan fingerprint density at radius 2 is 1.80 bits per heavy atom. The highest BCUT2D eigenvalue weighted by Crippen LogP contribution is 2.17. The molecule has 2 aliphatic rings. The summed E-state index contributed by atoms with van der Waals surface area (Å²) >= 11 is 0. The Bertz CT molecular complexity index is 382. The molecule has 25 heavy (non-hydrogen) atoms. The molecule has 2 rings (SSSR count). The highest BCUT2D eigenvalue weighted by molar-refractivity contribution is 5.73. The number of amides is 2. The van der Waals surface area contributed by atoms with Gasteiger partial charge in [0.1, 0.15) is 0 Å². The standard InChI is InChI=1S/C20H40N4O/c1-17-8-13-23(14-9-17)11-5-4-10-21-20(25)22-15-19(3)24-12-6-7-18(2)16-24/h17-19H,4-16H2,1-3H3,(H2,21,22,25). The van der Waals surface area contributed by atoms with Gasteiger partial charge in [0.2, 0.25) is 0 Å². The molecule has 2 fully saturated rings. The second-order valence-electron chi connectivity index (χ2n) is 8.46. The molecule has 2 heterocycles. The zero-order valence-electron chi connectivity index (χ0n) is 16.7. The molecule has 2 saturated heterocycles. The predicted molar refractivity (Wildman–Crippen MR) is 105 cm³/mol. The quantitative estimate of drug-likeness (QED) is 0.660. The topological polar surface area (TPSA) is 47.6 Å². The Balaban J connectivity index is 1.46. The van der Waals surface area contributed by atoms with Crippen LogP contribution >= 0.6 is 0 Å². The Morgan fingerprint density at radius 1 is 1.04 bits per heavy atom. The number of piperidine rings is 2. The van der Waals surface area contributed by atoms with Crippen LogP contribution in [0.4, 0.5) is 4.79 Å². The van der Waals surface area contributed by atoms with Gasteiger partial charge in [0, 0.05) is 25.7 Å². The van der Waals surface area contributed by atoms with Crippen molar-refractivity contribution < 1.29 is 4.79 Å². The van der Waals surface area contributed by atoms with Crippen LogP contribution in [0.5, 0.6) is 0 Å². The number of hydrogen-bond acceptors (Lipinski definition) is 3. The molecule has 2 aliphatic heterocycles. The first kappa shape index (κ1) is 20.5. The lowest BCUT2D eigenvalue weighted by Gasteiger charge is -2.35. The van der Waals surface area contributed by atoms with Crippen LogP contribution in [0.3, 0.4) is 0 Å². The molecular formula is C20H40N4O. The first-order valence-electron chi connectivity index (χ1n) is 10.5. The molecule has 0 bridgehead atoms. The number of nitrogens with one attached hydrogen (secondary N) is 2. The van der Waals surface area contributed by atoms with Gasteiger partial charge in [0.25, 0.3) is 0 Å². The maximum Gasteiger partial charge on any atom is 0.314 e. The summed E-state index contributed by atoms with van der Waals surface area (Å²) in [4.78, 5) is 17.0. The Hall–Kier alpha value is -0.810. The molecule has 0 aromatic carbocycles. The van der Waals surface area contributed by atoms with Gasteiger partial charge < -0.3 is 15.5 Å². The van der Waals surface area contributed by atoms with Gasteiger partial charge in [-0.05, 0) is 83.5 Å². The van der Waals surface area contributed by atoms with Gasteiger partial charge in [0.05, 0.1) is 0 Å². The van der Waals surface area contributed by atoms with Crippen LogP contribution in [-0.2, 0) is 0 Å². The fourth-order valence-electron chi connectivity index (χ4n) is 4.01. The van der Waals surface area contributed by atoms with Gasteiger partial charge in [-0.2, -0.15) is 0 Å². The highest BCUT2D eigenvalue weighted by Gasteiger charge is 2.21. The van der Waals surface area contributed by atoms with Crippen molar-refractivity contribution in [2.45, 2.75) is 65.3 Å². The maximum absolute atomic E-state index is 11.9. The molecule has 2 atom stereocenters. The molecule has 146 valence electrons. The summed E-state index contributed by atoms with van der Waals surface area (Å²) in [5.41, 5.74) is 0. The fraction of sp³-hybridized carbons (Fsp3) is 0.950.